The molecule has 1 N–H and O–H groups in total. The van der Waals surface area contributed by atoms with Gasteiger partial charge in [0.2, 0.25) is 0 Å². The van der Waals surface area contributed by atoms with Gasteiger partial charge in [0.25, 0.3) is 0 Å². The minimum Gasteiger partial charge on any atom is -0.431 e. The highest BCUT2D eigenvalue weighted by Crippen LogP contribution is 2.53. The number of hydrogen-bond donors (Lipinski definition) is 1. The summed E-state index contributed by atoms with van der Waals surface area (Å²) in [5, 5.41) is 12.3. The van der Waals surface area contributed by atoms with Crippen LogP contribution >= 0.6 is 7.82 Å². The molecule has 2 aliphatic heterocycles. The molecule has 103 heavy (non-hydrogen) atoms. The number of phosphoric acid groups is 1. The molecule has 0 aromatic rings. The van der Waals surface area contributed by atoms with Gasteiger partial charge in [-0.2, -0.15) is 0 Å². The quantitative estimate of drug-likeness (QED) is 0.0259. The average Bonchev–Trinajstić information content (AvgIpc) is 0.781. The van der Waals surface area contributed by atoms with Crippen LogP contribution in [0.5, 0.6) is 0 Å². The highest BCUT2D eigenvalue weighted by Gasteiger charge is 2.54. The van der Waals surface area contributed by atoms with Crippen molar-refractivity contribution >= 4 is 20.1 Å². The molecule has 0 unspecified atom stereocenters. The van der Waals surface area contributed by atoms with Crippen LogP contribution in [0.25, 0.3) is 0 Å². The first-order valence-electron chi connectivity index (χ1n) is 40.8. The molecular formula is C82H149O20P. The maximum absolute atomic E-state index is 14.8. The summed E-state index contributed by atoms with van der Waals surface area (Å²) in [7, 11) is -1.19. The third kappa shape index (κ3) is 47.5. The topological polar surface area (TPSA) is 219 Å². The lowest BCUT2D eigenvalue weighted by atomic mass is 9.97. The number of phosphoric ester groups is 1. The zero-order valence-electron chi connectivity index (χ0n) is 65.6. The average molecular weight is 1490 g/mol. The first kappa shape index (κ1) is 96.0. The fourth-order valence-corrected chi connectivity index (χ4v) is 14.3. The van der Waals surface area contributed by atoms with E-state index in [4.69, 9.17) is 75.2 Å². The molecule has 0 bridgehead atoms. The molecule has 602 valence electrons. The summed E-state index contributed by atoms with van der Waals surface area (Å²) in [5.41, 5.74) is 0. The van der Waals surface area contributed by atoms with E-state index in [0.717, 1.165) is 116 Å². The van der Waals surface area contributed by atoms with Crippen molar-refractivity contribution in [2.75, 3.05) is 80.3 Å². The number of hydrogen-bond acceptors (Lipinski definition) is 20. The van der Waals surface area contributed by atoms with Gasteiger partial charge in [-0.25, -0.2) is 14.2 Å². The van der Waals surface area contributed by atoms with Gasteiger partial charge in [-0.1, -0.05) is 276 Å². The van der Waals surface area contributed by atoms with E-state index in [1.807, 2.05) is 0 Å². The first-order chi connectivity index (χ1) is 50.4. The van der Waals surface area contributed by atoms with Gasteiger partial charge in [0.05, 0.1) is 39.1 Å². The van der Waals surface area contributed by atoms with E-state index in [2.05, 4.69) is 66.2 Å². The second kappa shape index (κ2) is 67.1. The SMILES string of the molecule is C=CCOC(=O)O[C@H](CCCCCCCCCCC)CCO[C@@H]1[C@@H](OCCCCCCCCCCCC)[C@H](OC(=O)OCC=C)[C@@H](CO[C@@H]2O[C@H](COC)[C@@H](OP(=O)(OCC=C)OCC=C)[C@H](OCC[C@@H](CCCCCCC)OC)[C@H]2OCCCCCCCCCC/C=C\CCCCCC)O[C@@H]1O. The van der Waals surface area contributed by atoms with E-state index in [9.17, 15) is 19.3 Å². The van der Waals surface area contributed by atoms with Crippen molar-refractivity contribution in [1.82, 2.24) is 0 Å². The molecule has 2 fully saturated rings. The van der Waals surface area contributed by atoms with E-state index in [0.29, 0.717) is 25.7 Å². The molecule has 20 nitrogen and oxygen atoms in total. The van der Waals surface area contributed by atoms with Gasteiger partial charge in [-0.05, 0) is 64.2 Å². The van der Waals surface area contributed by atoms with E-state index in [-0.39, 0.29) is 78.6 Å². The third-order valence-corrected chi connectivity index (χ3v) is 20.3. The third-order valence-electron chi connectivity index (χ3n) is 18.9. The van der Waals surface area contributed by atoms with Crippen LogP contribution in [0.15, 0.2) is 62.8 Å². The van der Waals surface area contributed by atoms with Crippen molar-refractivity contribution in [3.05, 3.63) is 62.8 Å². The van der Waals surface area contributed by atoms with Crippen molar-refractivity contribution in [3.63, 3.8) is 0 Å². The molecule has 0 saturated carbocycles. The molecule has 0 aliphatic carbocycles. The Balaban J connectivity index is 2.67. The lowest BCUT2D eigenvalue weighted by molar-refractivity contribution is -0.338. The minimum atomic E-state index is -4.42. The smallest absolute Gasteiger partial charge is 0.431 e. The van der Waals surface area contributed by atoms with Crippen LogP contribution in [-0.2, 0) is 79.7 Å². The summed E-state index contributed by atoms with van der Waals surface area (Å²) in [6.45, 7) is 23.6. The number of allylic oxidation sites excluding steroid dienone is 2. The van der Waals surface area contributed by atoms with Gasteiger partial charge >= 0.3 is 20.1 Å². The maximum atomic E-state index is 14.8. The summed E-state index contributed by atoms with van der Waals surface area (Å²) in [5.74, 6) is 0. The van der Waals surface area contributed by atoms with Crippen LogP contribution in [0.3, 0.4) is 0 Å². The van der Waals surface area contributed by atoms with Crippen molar-refractivity contribution in [2.45, 2.75) is 371 Å². The molecule has 0 spiro atoms. The molecule has 12 atom stereocenters. The van der Waals surface area contributed by atoms with E-state index >= 15 is 0 Å². The zero-order chi connectivity index (χ0) is 74.9. The molecule has 2 heterocycles. The van der Waals surface area contributed by atoms with Gasteiger partial charge in [-0.3, -0.25) is 13.6 Å². The fourth-order valence-electron chi connectivity index (χ4n) is 13.0. The molecule has 0 aromatic carbocycles. The molecule has 21 heteroatoms. The molecule has 0 amide bonds. The predicted molar refractivity (Wildman–Crippen MR) is 410 cm³/mol. The number of aliphatic hydroxyl groups excluding tert-OH is 1. The molecule has 2 aliphatic rings. The Morgan fingerprint density at radius 2 is 0.816 bits per heavy atom. The van der Waals surface area contributed by atoms with Gasteiger partial charge < -0.3 is 66.7 Å². The molecule has 0 radical (unpaired) electrons. The molecule has 2 saturated heterocycles. The minimum absolute atomic E-state index is 0.000956. The normalized spacial score (nSPS) is 21.3. The van der Waals surface area contributed by atoms with Crippen LogP contribution in [0, 0.1) is 0 Å². The summed E-state index contributed by atoms with van der Waals surface area (Å²) in [6.07, 6.45) is 40.7. The largest absolute Gasteiger partial charge is 0.509 e. The monoisotopic (exact) mass is 1490 g/mol. The van der Waals surface area contributed by atoms with Gasteiger partial charge in [0, 0.05) is 40.5 Å². The second-order valence-electron chi connectivity index (χ2n) is 27.8. The van der Waals surface area contributed by atoms with Crippen molar-refractivity contribution in [1.29, 1.82) is 0 Å². The number of carbonyl (C=O) groups excluding carboxylic acids is 2. The van der Waals surface area contributed by atoms with Crippen molar-refractivity contribution in [2.24, 2.45) is 0 Å². The van der Waals surface area contributed by atoms with E-state index in [1.165, 1.54) is 153 Å². The molecule has 2 rings (SSSR count). The van der Waals surface area contributed by atoms with Gasteiger partial charge in [0.15, 0.2) is 18.7 Å². The Hall–Kier alpha value is -3.05. The number of carbonyl (C=O) groups is 2. The van der Waals surface area contributed by atoms with Gasteiger partial charge in [0.1, 0.15) is 62.0 Å². The van der Waals surface area contributed by atoms with Gasteiger partial charge in [-0.15, -0.1) is 13.2 Å². The van der Waals surface area contributed by atoms with Crippen molar-refractivity contribution in [3.8, 4) is 0 Å². The highest BCUT2D eigenvalue weighted by molar-refractivity contribution is 7.48. The summed E-state index contributed by atoms with van der Waals surface area (Å²) < 4.78 is 115. The Labute approximate surface area is 625 Å². The van der Waals surface area contributed by atoms with E-state index < -0.39 is 87.6 Å². The predicted octanol–water partition coefficient (Wildman–Crippen LogP) is 21.0. The maximum Gasteiger partial charge on any atom is 0.509 e. The molecule has 0 aromatic heterocycles. The summed E-state index contributed by atoms with van der Waals surface area (Å²) >= 11 is 0. The molecular weight excluding hydrogens is 1340 g/mol. The van der Waals surface area contributed by atoms with Crippen LogP contribution in [0.1, 0.15) is 297 Å². The number of unbranched alkanes of at least 4 members (excludes halogenated alkanes) is 33. The first-order valence-corrected chi connectivity index (χ1v) is 42.3. The lowest BCUT2D eigenvalue weighted by Gasteiger charge is -2.47. The zero-order valence-corrected chi connectivity index (χ0v) is 66.5. The van der Waals surface area contributed by atoms with E-state index in [1.54, 1.807) is 7.11 Å². The number of methoxy groups -OCH3 is 2. The Kier molecular flexibility index (Phi) is 62.6. The standard InChI is InChI=1S/C82H149O20P/c1-11-19-23-27-30-33-35-36-37-38-39-40-43-46-50-54-64-90-78-76(91-65-57-69(88-10)55-51-47-26-22-14-4)74(102-103(86,96-61-17-7)97-62-18-8)71(67-87-9)100-80(78)95-68-72-73(101-82(85)94-60-16-6)75(89-63-53-49-45-42-34-31-28-24-20-12-2)77(79(83)99-72)92-66-58-70(98-81(84)93-59-15-5)56-52-48-44-41-32-29-25-21-13-3/h15-18,33,35,69-80,83H,5-8,11-14,19-32,34,36-68H2,1-4,9-10H3/b35-33-/t69-,70-,71-,72-,73-,74-,75+,76+,77-,78-,79+,80-/m1/s1. The van der Waals surface area contributed by atoms with Crippen LogP contribution in [-0.4, -0.2) is 171 Å². The second-order valence-corrected chi connectivity index (χ2v) is 29.4. The number of ether oxygens (including phenoxy) is 13. The van der Waals surface area contributed by atoms with Crippen LogP contribution in [0.4, 0.5) is 9.59 Å². The van der Waals surface area contributed by atoms with Crippen molar-refractivity contribution < 1.29 is 94.4 Å². The Morgan fingerprint density at radius 3 is 1.30 bits per heavy atom. The van der Waals surface area contributed by atoms with Crippen LogP contribution in [0.2, 0.25) is 0 Å². The number of aliphatic hydroxyl groups is 1. The lowest BCUT2D eigenvalue weighted by Crippen LogP contribution is -2.64. The summed E-state index contributed by atoms with van der Waals surface area (Å²) in [6, 6.07) is 0. The summed E-state index contributed by atoms with van der Waals surface area (Å²) in [4.78, 5) is 26.8. The fraction of sp³-hybridized carbons (Fsp3) is 0.854. The Morgan fingerprint density at radius 1 is 0.417 bits per heavy atom. The number of rotatable bonds is 73. The Bertz CT molecular complexity index is 2090. The van der Waals surface area contributed by atoms with Crippen LogP contribution < -0.4 is 0 Å². The highest BCUT2D eigenvalue weighted by atomic mass is 31.2.